The van der Waals surface area contributed by atoms with E-state index in [1.807, 2.05) is 0 Å². The van der Waals surface area contributed by atoms with E-state index < -0.39 is 10.7 Å². The molecule has 5 nitrogen and oxygen atoms in total. The summed E-state index contributed by atoms with van der Waals surface area (Å²) in [6.45, 7) is 0.364. The zero-order valence-electron chi connectivity index (χ0n) is 11.0. The fraction of sp³-hybridized carbons (Fsp3) is 0.133. The lowest BCUT2D eigenvalue weighted by Crippen LogP contribution is -2.08. The van der Waals surface area contributed by atoms with Crippen molar-refractivity contribution in [3.05, 3.63) is 69.5 Å². The summed E-state index contributed by atoms with van der Waals surface area (Å²) in [5.41, 5.74) is 0.972. The van der Waals surface area contributed by atoms with Crippen molar-refractivity contribution >= 4 is 11.4 Å². The van der Waals surface area contributed by atoms with Crippen LogP contribution in [0.1, 0.15) is 11.1 Å². The van der Waals surface area contributed by atoms with Crippen LogP contribution in [-0.4, -0.2) is 11.5 Å². The number of hydrogen-bond acceptors (Lipinski definition) is 4. The summed E-state index contributed by atoms with van der Waals surface area (Å²) >= 11 is 0. The smallest absolute Gasteiger partial charge is 0.272 e. The third kappa shape index (κ3) is 3.34. The van der Waals surface area contributed by atoms with Gasteiger partial charge in [0.1, 0.15) is 17.4 Å². The number of rotatable bonds is 5. The largest absolute Gasteiger partial charge is 0.384 e. The fourth-order valence-electron chi connectivity index (χ4n) is 2.02. The summed E-state index contributed by atoms with van der Waals surface area (Å²) in [7, 11) is 0. The lowest BCUT2D eigenvalue weighted by molar-refractivity contribution is -0.385. The molecule has 0 aliphatic carbocycles. The van der Waals surface area contributed by atoms with Crippen LogP contribution in [0.5, 0.6) is 0 Å². The molecule has 0 aliphatic heterocycles. The molecule has 106 valence electrons. The Morgan fingerprint density at radius 1 is 1.24 bits per heavy atom. The van der Waals surface area contributed by atoms with Crippen LogP contribution < -0.4 is 5.32 Å². The van der Waals surface area contributed by atoms with Gasteiger partial charge in [-0.3, -0.25) is 10.1 Å². The number of nitro benzene ring substituents is 1. The molecule has 0 unspecified atom stereocenters. The highest BCUT2D eigenvalue weighted by atomic mass is 19.1. The van der Waals surface area contributed by atoms with Crippen LogP contribution in [0.2, 0.25) is 0 Å². The van der Waals surface area contributed by atoms with Crippen molar-refractivity contribution in [2.75, 3.05) is 11.9 Å². The molecule has 6 heteroatoms. The lowest BCUT2D eigenvalue weighted by atomic mass is 10.1. The first kappa shape index (κ1) is 14.5. The summed E-state index contributed by atoms with van der Waals surface area (Å²) in [6, 6.07) is 12.6. The van der Waals surface area contributed by atoms with Crippen LogP contribution in [0.4, 0.5) is 15.8 Å². The maximum absolute atomic E-state index is 13.4. The summed E-state index contributed by atoms with van der Waals surface area (Å²) in [5, 5.41) is 22.7. The standard InChI is InChI=1S/C15H12FN3O2/c16-13-5-3-6-14(12(13)10-17)18-9-8-11-4-1-2-7-15(11)19(20)21/h1-7,18H,8-9H2. The van der Waals surface area contributed by atoms with E-state index in [1.165, 1.54) is 18.2 Å². The molecular weight excluding hydrogens is 273 g/mol. The number of anilines is 1. The van der Waals surface area contributed by atoms with Gasteiger partial charge in [-0.1, -0.05) is 24.3 Å². The van der Waals surface area contributed by atoms with Gasteiger partial charge >= 0.3 is 0 Å². The molecule has 0 radical (unpaired) electrons. The molecule has 0 fully saturated rings. The third-order valence-corrected chi connectivity index (χ3v) is 3.02. The van der Waals surface area contributed by atoms with Gasteiger partial charge in [0, 0.05) is 18.2 Å². The number of halogens is 1. The minimum atomic E-state index is -0.590. The van der Waals surface area contributed by atoms with Crippen LogP contribution in [0, 0.1) is 27.3 Å². The van der Waals surface area contributed by atoms with Crippen molar-refractivity contribution in [3.63, 3.8) is 0 Å². The predicted molar refractivity (Wildman–Crippen MR) is 76.4 cm³/mol. The molecule has 0 spiro atoms. The van der Waals surface area contributed by atoms with Gasteiger partial charge in [-0.15, -0.1) is 0 Å². The van der Waals surface area contributed by atoms with Crippen LogP contribution >= 0.6 is 0 Å². The van der Waals surface area contributed by atoms with Crippen molar-refractivity contribution in [2.45, 2.75) is 6.42 Å². The van der Waals surface area contributed by atoms with E-state index in [0.29, 0.717) is 24.2 Å². The van der Waals surface area contributed by atoms with Crippen molar-refractivity contribution in [1.82, 2.24) is 0 Å². The number of nitriles is 1. The second-order valence-electron chi connectivity index (χ2n) is 4.34. The van der Waals surface area contributed by atoms with Crippen LogP contribution in [0.3, 0.4) is 0 Å². The van der Waals surface area contributed by atoms with Gasteiger partial charge in [0.05, 0.1) is 10.6 Å². The Kier molecular flexibility index (Phi) is 4.46. The first-order valence-corrected chi connectivity index (χ1v) is 6.28. The SMILES string of the molecule is N#Cc1c(F)cccc1NCCc1ccccc1[N+](=O)[O-]. The van der Waals surface area contributed by atoms with Crippen LogP contribution in [0.25, 0.3) is 0 Å². The molecule has 0 aromatic heterocycles. The lowest BCUT2D eigenvalue weighted by Gasteiger charge is -2.08. The first-order valence-electron chi connectivity index (χ1n) is 6.28. The Hall–Kier alpha value is -2.94. The fourth-order valence-corrected chi connectivity index (χ4v) is 2.02. The van der Waals surface area contributed by atoms with Gasteiger partial charge in [0.15, 0.2) is 0 Å². The zero-order chi connectivity index (χ0) is 15.2. The van der Waals surface area contributed by atoms with Crippen molar-refractivity contribution in [3.8, 4) is 6.07 Å². The Bertz CT molecular complexity index is 710. The highest BCUT2D eigenvalue weighted by molar-refractivity contribution is 5.58. The van der Waals surface area contributed by atoms with E-state index in [4.69, 9.17) is 5.26 Å². The van der Waals surface area contributed by atoms with E-state index in [9.17, 15) is 14.5 Å². The predicted octanol–water partition coefficient (Wildman–Crippen LogP) is 3.26. The third-order valence-electron chi connectivity index (χ3n) is 3.02. The molecule has 1 N–H and O–H groups in total. The van der Waals surface area contributed by atoms with E-state index >= 15 is 0 Å². The number of benzene rings is 2. The Morgan fingerprint density at radius 2 is 2.00 bits per heavy atom. The van der Waals surface area contributed by atoms with Gasteiger partial charge in [0.25, 0.3) is 5.69 Å². The Labute approximate surface area is 120 Å². The molecule has 0 atom stereocenters. The van der Waals surface area contributed by atoms with Gasteiger partial charge in [0.2, 0.25) is 0 Å². The molecule has 0 heterocycles. The topological polar surface area (TPSA) is 79.0 Å². The molecule has 0 aliphatic rings. The molecule has 0 saturated carbocycles. The van der Waals surface area contributed by atoms with E-state index in [1.54, 1.807) is 30.3 Å². The van der Waals surface area contributed by atoms with Gasteiger partial charge in [-0.2, -0.15) is 5.26 Å². The van der Waals surface area contributed by atoms with E-state index in [0.717, 1.165) is 0 Å². The van der Waals surface area contributed by atoms with Crippen molar-refractivity contribution < 1.29 is 9.31 Å². The summed E-state index contributed by atoms with van der Waals surface area (Å²) in [6.07, 6.45) is 0.401. The Morgan fingerprint density at radius 3 is 2.71 bits per heavy atom. The average molecular weight is 285 g/mol. The number of hydrogen-bond donors (Lipinski definition) is 1. The quantitative estimate of drug-likeness (QED) is 0.675. The second kappa shape index (κ2) is 6.48. The zero-order valence-corrected chi connectivity index (χ0v) is 11.0. The molecule has 2 aromatic rings. The van der Waals surface area contributed by atoms with Gasteiger partial charge in [-0.25, -0.2) is 4.39 Å². The minimum absolute atomic E-state index is 0.0547. The van der Waals surface area contributed by atoms with Gasteiger partial charge in [-0.05, 0) is 18.6 Å². The Balaban J connectivity index is 2.08. The summed E-state index contributed by atoms with van der Waals surface area (Å²) in [4.78, 5) is 10.5. The van der Waals surface area contributed by atoms with Crippen molar-refractivity contribution in [1.29, 1.82) is 5.26 Å². The average Bonchev–Trinajstić information content (AvgIpc) is 2.48. The maximum atomic E-state index is 13.4. The highest BCUT2D eigenvalue weighted by Crippen LogP contribution is 2.20. The van der Waals surface area contributed by atoms with E-state index in [-0.39, 0.29) is 11.3 Å². The number of nitro groups is 1. The number of nitrogens with one attached hydrogen (secondary N) is 1. The van der Waals surface area contributed by atoms with E-state index in [2.05, 4.69) is 5.32 Å². The molecule has 2 aromatic carbocycles. The van der Waals surface area contributed by atoms with Crippen LogP contribution in [0.15, 0.2) is 42.5 Å². The second-order valence-corrected chi connectivity index (χ2v) is 4.34. The van der Waals surface area contributed by atoms with Crippen molar-refractivity contribution in [2.24, 2.45) is 0 Å². The van der Waals surface area contributed by atoms with Crippen LogP contribution in [-0.2, 0) is 6.42 Å². The normalized spacial score (nSPS) is 9.90. The molecule has 0 amide bonds. The maximum Gasteiger partial charge on any atom is 0.272 e. The van der Waals surface area contributed by atoms with Gasteiger partial charge < -0.3 is 5.32 Å². The molecule has 0 bridgehead atoms. The summed E-state index contributed by atoms with van der Waals surface area (Å²) < 4.78 is 13.4. The molecule has 2 rings (SSSR count). The summed E-state index contributed by atoms with van der Waals surface area (Å²) in [5.74, 6) is -0.590. The monoisotopic (exact) mass is 285 g/mol. The highest BCUT2D eigenvalue weighted by Gasteiger charge is 2.12. The first-order chi connectivity index (χ1) is 10.1. The minimum Gasteiger partial charge on any atom is -0.384 e. The molecule has 0 saturated heterocycles. The molecule has 21 heavy (non-hydrogen) atoms. The number of para-hydroxylation sites is 1. The number of nitrogens with zero attached hydrogens (tertiary/aromatic N) is 2. The molecular formula is C15H12FN3O2.